The molecule has 3 aromatic rings. The smallest absolute Gasteiger partial charge is 0.357 e. The van der Waals surface area contributed by atoms with Crippen LogP contribution >= 0.6 is 0 Å². The molecule has 4 rings (SSSR count). The second-order valence-corrected chi connectivity index (χ2v) is 6.93. The van der Waals surface area contributed by atoms with Gasteiger partial charge in [0.1, 0.15) is 5.75 Å². The number of rotatable bonds is 7. The van der Waals surface area contributed by atoms with Gasteiger partial charge in [0, 0.05) is 29.6 Å². The molecule has 1 aliphatic rings. The highest BCUT2D eigenvalue weighted by Gasteiger charge is 2.27. The number of carbonyl (C=O) groups is 1. The molecule has 0 aliphatic heterocycles. The van der Waals surface area contributed by atoms with Gasteiger partial charge in [0.25, 0.3) is 0 Å². The summed E-state index contributed by atoms with van der Waals surface area (Å²) in [6.45, 7) is 4.01. The molecule has 1 fully saturated rings. The Labute approximate surface area is 168 Å². The van der Waals surface area contributed by atoms with Crippen LogP contribution in [0.3, 0.4) is 0 Å². The maximum absolute atomic E-state index is 12.2. The van der Waals surface area contributed by atoms with Crippen molar-refractivity contribution in [1.29, 1.82) is 0 Å². The summed E-state index contributed by atoms with van der Waals surface area (Å²) in [6, 6.07) is 7.43. The van der Waals surface area contributed by atoms with E-state index in [1.54, 1.807) is 26.4 Å². The van der Waals surface area contributed by atoms with E-state index in [2.05, 4.69) is 20.3 Å². The third-order valence-electron chi connectivity index (χ3n) is 4.65. The predicted octanol–water partition coefficient (Wildman–Crippen LogP) is 3.78. The number of nitrogens with one attached hydrogen (secondary N) is 1. The molecule has 0 saturated heterocycles. The summed E-state index contributed by atoms with van der Waals surface area (Å²) in [4.78, 5) is 25.4. The van der Waals surface area contributed by atoms with Crippen LogP contribution in [0.4, 0.5) is 11.6 Å². The highest BCUT2D eigenvalue weighted by molar-refractivity contribution is 5.87. The van der Waals surface area contributed by atoms with E-state index < -0.39 is 5.97 Å². The molecule has 0 unspecified atom stereocenters. The summed E-state index contributed by atoms with van der Waals surface area (Å²) in [5, 5.41) is 3.19. The topological polar surface area (TPSA) is 91.2 Å². The molecule has 29 heavy (non-hydrogen) atoms. The molecule has 1 aromatic carbocycles. The Balaban J connectivity index is 1.64. The third kappa shape index (κ3) is 4.21. The molecule has 2 heterocycles. The molecule has 1 saturated carbocycles. The highest BCUT2D eigenvalue weighted by Crippen LogP contribution is 2.39. The molecule has 0 spiro atoms. The van der Waals surface area contributed by atoms with E-state index in [0.29, 0.717) is 24.2 Å². The number of hydrogen-bond acceptors (Lipinski definition) is 7. The average molecular weight is 393 g/mol. The van der Waals surface area contributed by atoms with Crippen molar-refractivity contribution in [2.75, 3.05) is 19.0 Å². The minimum absolute atomic E-state index is 0.267. The lowest BCUT2D eigenvalue weighted by molar-refractivity contribution is 0.0519. The second kappa shape index (κ2) is 7.90. The van der Waals surface area contributed by atoms with Crippen LogP contribution in [-0.2, 0) is 4.74 Å². The first-order valence-electron chi connectivity index (χ1n) is 9.59. The average Bonchev–Trinajstić information content (AvgIpc) is 3.49. The number of ether oxygens (including phenoxy) is 2. The molecule has 1 aliphatic carbocycles. The summed E-state index contributed by atoms with van der Waals surface area (Å²) in [5.41, 5.74) is 3.68. The van der Waals surface area contributed by atoms with Crippen molar-refractivity contribution in [3.05, 3.63) is 53.9 Å². The van der Waals surface area contributed by atoms with Gasteiger partial charge in [-0.1, -0.05) is 0 Å². The molecule has 8 heteroatoms. The van der Waals surface area contributed by atoms with Gasteiger partial charge in [-0.25, -0.2) is 19.7 Å². The van der Waals surface area contributed by atoms with Crippen molar-refractivity contribution < 1.29 is 14.3 Å². The monoisotopic (exact) mass is 393 g/mol. The van der Waals surface area contributed by atoms with Crippen LogP contribution in [0.5, 0.6) is 5.75 Å². The van der Waals surface area contributed by atoms with Crippen LogP contribution in [0.25, 0.3) is 5.69 Å². The first-order valence-corrected chi connectivity index (χ1v) is 9.59. The maximum Gasteiger partial charge on any atom is 0.357 e. The lowest BCUT2D eigenvalue weighted by atomic mass is 10.2. The maximum atomic E-state index is 12.2. The number of imidazole rings is 1. The standard InChI is InChI=1S/C21H23N5O3/c1-4-29-20(27)17-10-16(14-5-6-14)24-21(25-17)23-15-7-8-18(19(9-15)28-3)26-11-13(2)22-12-26/h7-12,14H,4-6H2,1-3H3,(H,23,24,25). The van der Waals surface area contributed by atoms with Crippen LogP contribution in [0.2, 0.25) is 0 Å². The quantitative estimate of drug-likeness (QED) is 0.611. The minimum atomic E-state index is -0.441. The molecule has 0 amide bonds. The van der Waals surface area contributed by atoms with Crippen LogP contribution in [0, 0.1) is 6.92 Å². The van der Waals surface area contributed by atoms with Gasteiger partial charge in [0.15, 0.2) is 5.69 Å². The van der Waals surface area contributed by atoms with Gasteiger partial charge in [0.2, 0.25) is 5.95 Å². The molecule has 0 radical (unpaired) electrons. The van der Waals surface area contributed by atoms with Crippen molar-refractivity contribution in [3.63, 3.8) is 0 Å². The Hall–Kier alpha value is -3.42. The van der Waals surface area contributed by atoms with Crippen molar-refractivity contribution in [2.24, 2.45) is 0 Å². The van der Waals surface area contributed by atoms with Gasteiger partial charge >= 0.3 is 5.97 Å². The predicted molar refractivity (Wildman–Crippen MR) is 108 cm³/mol. The van der Waals surface area contributed by atoms with Crippen LogP contribution < -0.4 is 10.1 Å². The minimum Gasteiger partial charge on any atom is -0.494 e. The van der Waals surface area contributed by atoms with Gasteiger partial charge in [0.05, 0.1) is 31.4 Å². The molecule has 8 nitrogen and oxygen atoms in total. The number of methoxy groups -OCH3 is 1. The molecule has 150 valence electrons. The molecular formula is C21H23N5O3. The van der Waals surface area contributed by atoms with E-state index >= 15 is 0 Å². The Kier molecular flexibility index (Phi) is 5.16. The molecule has 0 bridgehead atoms. The van der Waals surface area contributed by atoms with Crippen LogP contribution in [-0.4, -0.2) is 39.2 Å². The van der Waals surface area contributed by atoms with Gasteiger partial charge in [-0.05, 0) is 44.9 Å². The zero-order valence-corrected chi connectivity index (χ0v) is 16.7. The van der Waals surface area contributed by atoms with Gasteiger partial charge in [-0.2, -0.15) is 0 Å². The fourth-order valence-corrected chi connectivity index (χ4v) is 3.07. The number of aryl methyl sites for hydroxylation is 1. The number of aromatic nitrogens is 4. The summed E-state index contributed by atoms with van der Waals surface area (Å²) in [5.74, 6) is 0.985. The lowest BCUT2D eigenvalue weighted by Crippen LogP contribution is -2.11. The SMILES string of the molecule is CCOC(=O)c1cc(C2CC2)nc(Nc2ccc(-n3cnc(C)c3)c(OC)c2)n1. The van der Waals surface area contributed by atoms with E-state index in [1.165, 1.54) is 0 Å². The Morgan fingerprint density at radius 2 is 2.10 bits per heavy atom. The van der Waals surface area contributed by atoms with E-state index in [-0.39, 0.29) is 5.69 Å². The lowest BCUT2D eigenvalue weighted by Gasteiger charge is -2.13. The molecule has 2 aromatic heterocycles. The van der Waals surface area contributed by atoms with Gasteiger partial charge < -0.3 is 19.4 Å². The van der Waals surface area contributed by atoms with Crippen molar-refractivity contribution in [2.45, 2.75) is 32.6 Å². The number of esters is 1. The highest BCUT2D eigenvalue weighted by atomic mass is 16.5. The zero-order valence-electron chi connectivity index (χ0n) is 16.7. The number of anilines is 2. The fraction of sp³-hybridized carbons (Fsp3) is 0.333. The molecule has 1 N–H and O–H groups in total. The van der Waals surface area contributed by atoms with Crippen molar-refractivity contribution >= 4 is 17.6 Å². The van der Waals surface area contributed by atoms with Crippen molar-refractivity contribution in [3.8, 4) is 11.4 Å². The van der Waals surface area contributed by atoms with Gasteiger partial charge in [-0.15, -0.1) is 0 Å². The molecular weight excluding hydrogens is 370 g/mol. The zero-order chi connectivity index (χ0) is 20.4. The molecule has 0 atom stereocenters. The fourth-order valence-electron chi connectivity index (χ4n) is 3.07. The van der Waals surface area contributed by atoms with Crippen LogP contribution in [0.15, 0.2) is 36.8 Å². The van der Waals surface area contributed by atoms with E-state index in [9.17, 15) is 4.79 Å². The van der Waals surface area contributed by atoms with Gasteiger partial charge in [-0.3, -0.25) is 0 Å². The summed E-state index contributed by atoms with van der Waals surface area (Å²) in [6.07, 6.45) is 5.82. The summed E-state index contributed by atoms with van der Waals surface area (Å²) >= 11 is 0. The number of benzene rings is 1. The second-order valence-electron chi connectivity index (χ2n) is 6.93. The number of carbonyl (C=O) groups excluding carboxylic acids is 1. The first kappa shape index (κ1) is 18.9. The van der Waals surface area contributed by atoms with E-state index in [1.807, 2.05) is 35.9 Å². The Bertz CT molecular complexity index is 1040. The largest absolute Gasteiger partial charge is 0.494 e. The number of hydrogen-bond donors (Lipinski definition) is 1. The Morgan fingerprint density at radius 3 is 2.76 bits per heavy atom. The third-order valence-corrected chi connectivity index (χ3v) is 4.65. The summed E-state index contributed by atoms with van der Waals surface area (Å²) in [7, 11) is 1.62. The van der Waals surface area contributed by atoms with Crippen molar-refractivity contribution in [1.82, 2.24) is 19.5 Å². The van der Waals surface area contributed by atoms with E-state index in [0.717, 1.165) is 35.6 Å². The summed E-state index contributed by atoms with van der Waals surface area (Å²) < 4.78 is 12.6. The van der Waals surface area contributed by atoms with E-state index in [4.69, 9.17) is 9.47 Å². The normalized spacial score (nSPS) is 13.2. The first-order chi connectivity index (χ1) is 14.1. The Morgan fingerprint density at radius 1 is 1.28 bits per heavy atom. The van der Waals surface area contributed by atoms with Crippen LogP contribution in [0.1, 0.15) is 47.6 Å². The number of nitrogens with zero attached hydrogens (tertiary/aromatic N) is 4.